The third kappa shape index (κ3) is 5.13. The highest BCUT2D eigenvalue weighted by Gasteiger charge is 2.32. The lowest BCUT2D eigenvalue weighted by molar-refractivity contribution is -0.0329. The molecule has 0 spiro atoms. The number of alkyl halides is 3. The molecule has 0 radical (unpaired) electrons. The molecule has 4 nitrogen and oxygen atoms in total. The molecule has 27 heavy (non-hydrogen) atoms. The van der Waals surface area contributed by atoms with Gasteiger partial charge in [0, 0.05) is 23.3 Å². The number of fused-ring (bicyclic) bond motifs is 1. The summed E-state index contributed by atoms with van der Waals surface area (Å²) in [5.74, 6) is 0.0495. The van der Waals surface area contributed by atoms with Gasteiger partial charge in [-0.3, -0.25) is 4.79 Å². The summed E-state index contributed by atoms with van der Waals surface area (Å²) in [5, 5.41) is 4.16. The van der Waals surface area contributed by atoms with Crippen LogP contribution in [0.25, 0.3) is 10.8 Å². The summed E-state index contributed by atoms with van der Waals surface area (Å²) < 4.78 is 43.4. The molecular weight excluding hydrogens is 377 g/mol. The largest absolute Gasteiger partial charge is 0.491 e. The van der Waals surface area contributed by atoms with Gasteiger partial charge in [0.15, 0.2) is 0 Å². The van der Waals surface area contributed by atoms with Gasteiger partial charge < -0.3 is 10.1 Å². The number of rotatable bonds is 6. The van der Waals surface area contributed by atoms with E-state index >= 15 is 0 Å². The summed E-state index contributed by atoms with van der Waals surface area (Å²) in [6, 6.07) is 16.1. The highest BCUT2D eigenvalue weighted by atomic mass is 32.2. The van der Waals surface area contributed by atoms with E-state index in [1.54, 1.807) is 0 Å². The second-order valence-electron chi connectivity index (χ2n) is 5.49. The first-order valence-electron chi connectivity index (χ1n) is 8.03. The summed E-state index contributed by atoms with van der Waals surface area (Å²) in [6.07, 6.45) is 1.22. The fraction of sp³-hybridized carbons (Fsp3) is 0.158. The first-order valence-corrected chi connectivity index (χ1v) is 8.85. The van der Waals surface area contributed by atoms with Gasteiger partial charge in [0.05, 0.1) is 12.1 Å². The summed E-state index contributed by atoms with van der Waals surface area (Å²) in [7, 11) is 0. The van der Waals surface area contributed by atoms with E-state index in [1.165, 1.54) is 18.3 Å². The molecule has 1 aromatic heterocycles. The van der Waals surface area contributed by atoms with E-state index in [0.717, 1.165) is 10.8 Å². The van der Waals surface area contributed by atoms with Gasteiger partial charge in [-0.1, -0.05) is 36.4 Å². The Morgan fingerprint density at radius 1 is 1.07 bits per heavy atom. The van der Waals surface area contributed by atoms with Crippen LogP contribution in [-0.4, -0.2) is 29.6 Å². The van der Waals surface area contributed by atoms with Crippen molar-refractivity contribution >= 4 is 28.4 Å². The molecule has 1 amide bonds. The second-order valence-corrected chi connectivity index (χ2v) is 6.54. The van der Waals surface area contributed by atoms with Crippen LogP contribution in [0.15, 0.2) is 65.8 Å². The van der Waals surface area contributed by atoms with Crippen LogP contribution >= 0.6 is 11.8 Å². The van der Waals surface area contributed by atoms with E-state index < -0.39 is 23.2 Å². The minimum Gasteiger partial charge on any atom is -0.491 e. The monoisotopic (exact) mass is 392 g/mol. The van der Waals surface area contributed by atoms with Crippen LogP contribution in [0, 0.1) is 0 Å². The molecule has 0 aliphatic carbocycles. The van der Waals surface area contributed by atoms with Crippen molar-refractivity contribution < 1.29 is 22.7 Å². The zero-order valence-corrected chi connectivity index (χ0v) is 14.8. The highest BCUT2D eigenvalue weighted by Crippen LogP contribution is 2.37. The first-order chi connectivity index (χ1) is 12.9. The number of benzene rings is 2. The van der Waals surface area contributed by atoms with Crippen molar-refractivity contribution in [2.45, 2.75) is 10.5 Å². The average Bonchev–Trinajstić information content (AvgIpc) is 2.64. The van der Waals surface area contributed by atoms with Crippen molar-refractivity contribution in [3.05, 3.63) is 66.4 Å². The number of carbonyl (C=O) groups excluding carboxylic acids is 1. The molecule has 1 heterocycles. The second kappa shape index (κ2) is 8.30. The molecule has 0 saturated heterocycles. The number of nitrogens with zero attached hydrogens (tertiary/aromatic N) is 1. The number of nitrogens with one attached hydrogen (secondary N) is 1. The SMILES string of the molecule is O=C(NCCOc1cccc2ccccc12)c1cccnc1SC(F)(F)F. The summed E-state index contributed by atoms with van der Waals surface area (Å²) in [6.45, 7) is 0.328. The fourth-order valence-corrected chi connectivity index (χ4v) is 3.10. The third-order valence-corrected chi connectivity index (χ3v) is 4.37. The lowest BCUT2D eigenvalue weighted by Gasteiger charge is -2.12. The minimum atomic E-state index is -4.51. The van der Waals surface area contributed by atoms with Crippen molar-refractivity contribution in [3.63, 3.8) is 0 Å². The molecule has 0 bridgehead atoms. The number of hydrogen-bond acceptors (Lipinski definition) is 4. The molecule has 0 atom stereocenters. The van der Waals surface area contributed by atoms with Gasteiger partial charge >= 0.3 is 5.51 Å². The molecule has 3 aromatic rings. The maximum Gasteiger partial charge on any atom is 0.447 e. The number of thioether (sulfide) groups is 1. The molecule has 3 rings (SSSR count). The Bertz CT molecular complexity index is 942. The van der Waals surface area contributed by atoms with Gasteiger partial charge in [-0.2, -0.15) is 13.2 Å². The molecule has 0 aliphatic rings. The van der Waals surface area contributed by atoms with Crippen molar-refractivity contribution in [2.75, 3.05) is 13.2 Å². The van der Waals surface area contributed by atoms with E-state index in [1.807, 2.05) is 42.5 Å². The van der Waals surface area contributed by atoms with Gasteiger partial charge in [-0.25, -0.2) is 4.98 Å². The van der Waals surface area contributed by atoms with Crippen molar-refractivity contribution in [2.24, 2.45) is 0 Å². The predicted molar refractivity (Wildman–Crippen MR) is 97.9 cm³/mol. The first kappa shape index (κ1) is 19.0. The van der Waals surface area contributed by atoms with E-state index in [9.17, 15) is 18.0 Å². The third-order valence-electron chi connectivity index (χ3n) is 3.62. The zero-order valence-electron chi connectivity index (χ0n) is 14.0. The molecule has 1 N–H and O–H groups in total. The summed E-state index contributed by atoms with van der Waals surface area (Å²) in [4.78, 5) is 15.8. The van der Waals surface area contributed by atoms with E-state index in [4.69, 9.17) is 4.74 Å². The highest BCUT2D eigenvalue weighted by molar-refractivity contribution is 8.00. The molecule has 0 unspecified atom stereocenters. The van der Waals surface area contributed by atoms with Crippen LogP contribution in [0.5, 0.6) is 5.75 Å². The molecule has 0 aliphatic heterocycles. The Morgan fingerprint density at radius 2 is 1.85 bits per heavy atom. The van der Waals surface area contributed by atoms with Crippen molar-refractivity contribution in [1.82, 2.24) is 10.3 Å². The predicted octanol–water partition coefficient (Wildman–Crippen LogP) is 4.66. The number of carbonyl (C=O) groups is 1. The van der Waals surface area contributed by atoms with Gasteiger partial charge in [0.2, 0.25) is 0 Å². The number of aromatic nitrogens is 1. The van der Waals surface area contributed by atoms with Gasteiger partial charge in [-0.05, 0) is 23.6 Å². The van der Waals surface area contributed by atoms with Crippen LogP contribution in [0.2, 0.25) is 0 Å². The van der Waals surface area contributed by atoms with Crippen LogP contribution in [0.3, 0.4) is 0 Å². The summed E-state index contributed by atoms with van der Waals surface area (Å²) >= 11 is -0.410. The minimum absolute atomic E-state index is 0.120. The zero-order chi connectivity index (χ0) is 19.3. The number of pyridine rings is 1. The Hall–Kier alpha value is -2.74. The molecular formula is C19H15F3N2O2S. The standard InChI is InChI=1S/C19H15F3N2O2S/c20-19(21,22)27-18-15(8-4-10-24-18)17(25)23-11-12-26-16-9-3-6-13-5-1-2-7-14(13)16/h1-10H,11-12H2,(H,23,25). The number of ether oxygens (including phenoxy) is 1. The topological polar surface area (TPSA) is 51.2 Å². The Morgan fingerprint density at radius 3 is 2.67 bits per heavy atom. The van der Waals surface area contributed by atoms with E-state index in [2.05, 4.69) is 10.3 Å². The number of amides is 1. The molecule has 140 valence electrons. The average molecular weight is 392 g/mol. The number of hydrogen-bond donors (Lipinski definition) is 1. The number of halogens is 3. The van der Waals surface area contributed by atoms with Crippen LogP contribution < -0.4 is 10.1 Å². The van der Waals surface area contributed by atoms with E-state index in [-0.39, 0.29) is 23.7 Å². The summed E-state index contributed by atoms with van der Waals surface area (Å²) in [5.41, 5.74) is -4.63. The molecule has 0 saturated carbocycles. The quantitative estimate of drug-likeness (QED) is 0.490. The molecule has 8 heteroatoms. The Balaban J connectivity index is 1.59. The van der Waals surface area contributed by atoms with Crippen LogP contribution in [-0.2, 0) is 0 Å². The molecule has 2 aromatic carbocycles. The maximum absolute atomic E-state index is 12.6. The Kier molecular flexibility index (Phi) is 5.85. The van der Waals surface area contributed by atoms with Crippen molar-refractivity contribution in [1.29, 1.82) is 0 Å². The Labute approximate surface area is 157 Å². The molecule has 0 fully saturated rings. The van der Waals surface area contributed by atoms with Crippen LogP contribution in [0.1, 0.15) is 10.4 Å². The van der Waals surface area contributed by atoms with E-state index in [0.29, 0.717) is 5.75 Å². The van der Waals surface area contributed by atoms with Crippen molar-refractivity contribution in [3.8, 4) is 5.75 Å². The fourth-order valence-electron chi connectivity index (χ4n) is 2.50. The maximum atomic E-state index is 12.6. The van der Waals surface area contributed by atoms with Gasteiger partial charge in [-0.15, -0.1) is 0 Å². The lowest BCUT2D eigenvalue weighted by Crippen LogP contribution is -2.28. The van der Waals surface area contributed by atoms with Crippen LogP contribution in [0.4, 0.5) is 13.2 Å². The lowest BCUT2D eigenvalue weighted by atomic mass is 10.1. The van der Waals surface area contributed by atoms with Gasteiger partial charge in [0.1, 0.15) is 17.4 Å². The normalized spacial score (nSPS) is 11.4. The smallest absolute Gasteiger partial charge is 0.447 e. The van der Waals surface area contributed by atoms with Gasteiger partial charge in [0.25, 0.3) is 5.91 Å².